The molecular formula is C19H21FN2O4S. The molecule has 3 rings (SSSR count). The first-order valence-electron chi connectivity index (χ1n) is 8.65. The molecule has 0 aliphatic carbocycles. The van der Waals surface area contributed by atoms with Gasteiger partial charge in [-0.1, -0.05) is 12.1 Å². The molecule has 1 amide bonds. The number of aromatic nitrogens is 1. The number of aliphatic carboxylic acids is 1. The number of nitrogens with zero attached hydrogens (tertiary/aromatic N) is 2. The lowest BCUT2D eigenvalue weighted by Gasteiger charge is -2.43. The smallest absolute Gasteiger partial charge is 0.314 e. The summed E-state index contributed by atoms with van der Waals surface area (Å²) in [5.41, 5.74) is -0.264. The van der Waals surface area contributed by atoms with E-state index in [4.69, 9.17) is 0 Å². The van der Waals surface area contributed by atoms with Gasteiger partial charge in [0.1, 0.15) is 11.2 Å². The fraction of sp³-hybridized carbons (Fsp3) is 0.421. The Kier molecular flexibility index (Phi) is 5.57. The van der Waals surface area contributed by atoms with Crippen LogP contribution in [0.1, 0.15) is 22.7 Å². The molecule has 2 N–H and O–H groups in total. The Morgan fingerprint density at radius 2 is 2.07 bits per heavy atom. The highest BCUT2D eigenvalue weighted by atomic mass is 32.1. The number of carbonyl (C=O) groups excluding carboxylic acids is 1. The van der Waals surface area contributed by atoms with Crippen LogP contribution in [-0.2, 0) is 22.4 Å². The SMILES string of the molecule is Cc1nc(CC(=O)N2CC[C@@H](O)[C@](Cc3ccc(F)cc3)(C(=O)O)C2)cs1. The van der Waals surface area contributed by atoms with Gasteiger partial charge in [-0.05, 0) is 37.5 Å². The molecule has 0 saturated carbocycles. The van der Waals surface area contributed by atoms with Gasteiger partial charge in [0.05, 0.1) is 23.2 Å². The largest absolute Gasteiger partial charge is 0.481 e. The number of hydrogen-bond donors (Lipinski definition) is 2. The normalized spacial score (nSPS) is 22.6. The Hall–Kier alpha value is -2.32. The summed E-state index contributed by atoms with van der Waals surface area (Å²) in [5.74, 6) is -1.79. The molecule has 0 radical (unpaired) electrons. The third-order valence-electron chi connectivity index (χ3n) is 4.99. The van der Waals surface area contributed by atoms with E-state index >= 15 is 0 Å². The maximum Gasteiger partial charge on any atom is 0.314 e. The quantitative estimate of drug-likeness (QED) is 0.813. The molecule has 27 heavy (non-hydrogen) atoms. The van der Waals surface area contributed by atoms with Gasteiger partial charge in [0.25, 0.3) is 0 Å². The van der Waals surface area contributed by atoms with Gasteiger partial charge < -0.3 is 15.1 Å². The van der Waals surface area contributed by atoms with Crippen molar-refractivity contribution in [3.05, 3.63) is 51.7 Å². The highest BCUT2D eigenvalue weighted by Crippen LogP contribution is 2.35. The zero-order valence-corrected chi connectivity index (χ0v) is 15.7. The molecule has 2 heterocycles. The number of aliphatic hydroxyl groups is 1. The van der Waals surface area contributed by atoms with Gasteiger partial charge in [-0.25, -0.2) is 9.37 Å². The number of aliphatic hydroxyl groups excluding tert-OH is 1. The molecule has 144 valence electrons. The molecule has 1 aromatic carbocycles. The summed E-state index contributed by atoms with van der Waals surface area (Å²) in [4.78, 5) is 30.5. The summed E-state index contributed by atoms with van der Waals surface area (Å²) in [7, 11) is 0. The maximum atomic E-state index is 13.1. The van der Waals surface area contributed by atoms with Crippen LogP contribution < -0.4 is 0 Å². The molecule has 1 aliphatic rings. The lowest BCUT2D eigenvalue weighted by Crippen LogP contribution is -2.58. The standard InChI is InChI=1S/C19H21FN2O4S/c1-12-21-15(10-27-12)8-17(24)22-7-6-16(23)19(11-22,18(25)26)9-13-2-4-14(20)5-3-13/h2-5,10,16,23H,6-9,11H2,1H3,(H,25,26)/t16-,19-/m1/s1. The predicted octanol–water partition coefficient (Wildman–Crippen LogP) is 2.04. The van der Waals surface area contributed by atoms with Crippen molar-refractivity contribution < 1.29 is 24.2 Å². The fourth-order valence-electron chi connectivity index (χ4n) is 3.47. The van der Waals surface area contributed by atoms with E-state index < -0.39 is 23.3 Å². The first kappa shape index (κ1) is 19.4. The molecule has 1 aliphatic heterocycles. The molecular weight excluding hydrogens is 371 g/mol. The van der Waals surface area contributed by atoms with E-state index in [1.807, 2.05) is 12.3 Å². The number of piperidine rings is 1. The second-order valence-electron chi connectivity index (χ2n) is 6.92. The van der Waals surface area contributed by atoms with Crippen molar-refractivity contribution in [2.75, 3.05) is 13.1 Å². The van der Waals surface area contributed by atoms with Gasteiger partial charge in [-0.3, -0.25) is 9.59 Å². The zero-order chi connectivity index (χ0) is 19.6. The van der Waals surface area contributed by atoms with Crippen molar-refractivity contribution in [1.29, 1.82) is 0 Å². The first-order chi connectivity index (χ1) is 12.8. The Morgan fingerprint density at radius 3 is 2.67 bits per heavy atom. The molecule has 1 saturated heterocycles. The fourth-order valence-corrected chi connectivity index (χ4v) is 4.09. The number of carboxylic acid groups (broad SMARTS) is 1. The van der Waals surface area contributed by atoms with Gasteiger partial charge >= 0.3 is 5.97 Å². The minimum Gasteiger partial charge on any atom is -0.481 e. The van der Waals surface area contributed by atoms with E-state index in [0.717, 1.165) is 5.01 Å². The molecule has 2 aromatic rings. The van der Waals surface area contributed by atoms with E-state index in [0.29, 0.717) is 17.8 Å². The lowest BCUT2D eigenvalue weighted by atomic mass is 9.72. The number of carboxylic acids is 1. The number of carbonyl (C=O) groups is 2. The Bertz CT molecular complexity index is 838. The number of likely N-dealkylation sites (tertiary alicyclic amines) is 1. The van der Waals surface area contributed by atoms with Crippen LogP contribution in [0.15, 0.2) is 29.6 Å². The highest BCUT2D eigenvalue weighted by molar-refractivity contribution is 7.09. The topological polar surface area (TPSA) is 90.7 Å². The number of rotatable bonds is 5. The van der Waals surface area contributed by atoms with Crippen LogP contribution in [0.5, 0.6) is 0 Å². The van der Waals surface area contributed by atoms with Crippen molar-refractivity contribution in [2.45, 2.75) is 32.3 Å². The van der Waals surface area contributed by atoms with Crippen LogP contribution in [0.2, 0.25) is 0 Å². The average Bonchev–Trinajstić information content (AvgIpc) is 3.03. The molecule has 0 unspecified atom stereocenters. The molecule has 0 spiro atoms. The first-order valence-corrected chi connectivity index (χ1v) is 9.53. The van der Waals surface area contributed by atoms with Crippen LogP contribution in [0, 0.1) is 18.2 Å². The maximum absolute atomic E-state index is 13.1. The molecule has 1 aromatic heterocycles. The Labute approximate surface area is 160 Å². The lowest BCUT2D eigenvalue weighted by molar-refractivity contribution is -0.165. The van der Waals surface area contributed by atoms with Gasteiger partial charge in [-0.2, -0.15) is 0 Å². The van der Waals surface area contributed by atoms with Gasteiger partial charge in [0, 0.05) is 18.5 Å². The third kappa shape index (κ3) is 4.17. The van der Waals surface area contributed by atoms with Crippen molar-refractivity contribution in [2.24, 2.45) is 5.41 Å². The second kappa shape index (κ2) is 7.74. The summed E-state index contributed by atoms with van der Waals surface area (Å²) in [6.07, 6.45) is -0.795. The van der Waals surface area contributed by atoms with Crippen LogP contribution in [0.3, 0.4) is 0 Å². The highest BCUT2D eigenvalue weighted by Gasteiger charge is 2.50. The Morgan fingerprint density at radius 1 is 1.37 bits per heavy atom. The van der Waals surface area contributed by atoms with E-state index in [1.54, 1.807) is 0 Å². The molecule has 0 bridgehead atoms. The van der Waals surface area contributed by atoms with Crippen molar-refractivity contribution in [3.8, 4) is 0 Å². The molecule has 6 nitrogen and oxygen atoms in total. The molecule has 8 heteroatoms. The number of amides is 1. The second-order valence-corrected chi connectivity index (χ2v) is 7.98. The number of hydrogen-bond acceptors (Lipinski definition) is 5. The molecule has 1 fully saturated rings. The van der Waals surface area contributed by atoms with E-state index in [9.17, 15) is 24.2 Å². The van der Waals surface area contributed by atoms with Crippen LogP contribution in [0.4, 0.5) is 4.39 Å². The van der Waals surface area contributed by atoms with E-state index in [-0.39, 0.29) is 31.7 Å². The van der Waals surface area contributed by atoms with Gasteiger partial charge in [-0.15, -0.1) is 11.3 Å². The number of benzene rings is 1. The van der Waals surface area contributed by atoms with Crippen LogP contribution in [-0.4, -0.2) is 51.2 Å². The summed E-state index contributed by atoms with van der Waals surface area (Å²) in [5, 5.41) is 23.1. The van der Waals surface area contributed by atoms with Gasteiger partial charge in [0.15, 0.2) is 0 Å². The monoisotopic (exact) mass is 392 g/mol. The minimum absolute atomic E-state index is 0.0172. The van der Waals surface area contributed by atoms with Crippen molar-refractivity contribution in [1.82, 2.24) is 9.88 Å². The van der Waals surface area contributed by atoms with Crippen LogP contribution >= 0.6 is 11.3 Å². The summed E-state index contributed by atoms with van der Waals surface area (Å²) >= 11 is 1.45. The predicted molar refractivity (Wildman–Crippen MR) is 97.9 cm³/mol. The zero-order valence-electron chi connectivity index (χ0n) is 14.9. The van der Waals surface area contributed by atoms with Gasteiger partial charge in [0.2, 0.25) is 5.91 Å². The number of halogens is 1. The molecule has 2 atom stereocenters. The number of aryl methyl sites for hydroxylation is 1. The van der Waals surface area contributed by atoms with Crippen LogP contribution in [0.25, 0.3) is 0 Å². The van der Waals surface area contributed by atoms with E-state index in [1.165, 1.54) is 40.5 Å². The van der Waals surface area contributed by atoms with E-state index in [2.05, 4.69) is 4.98 Å². The summed E-state index contributed by atoms with van der Waals surface area (Å²) in [6, 6.07) is 5.53. The minimum atomic E-state index is -1.52. The Balaban J connectivity index is 1.80. The average molecular weight is 392 g/mol. The third-order valence-corrected chi connectivity index (χ3v) is 5.82. The van der Waals surface area contributed by atoms with Crippen molar-refractivity contribution >= 4 is 23.2 Å². The summed E-state index contributed by atoms with van der Waals surface area (Å²) in [6.45, 7) is 2.05. The van der Waals surface area contributed by atoms with Crippen molar-refractivity contribution in [3.63, 3.8) is 0 Å². The summed E-state index contributed by atoms with van der Waals surface area (Å²) < 4.78 is 13.1. The number of thiazole rings is 1.